The molecule has 5 nitrogen and oxygen atoms in total. The van der Waals surface area contributed by atoms with E-state index in [1.54, 1.807) is 7.05 Å². The standard InChI is InChI=1S/C21H34N4O.HI/c1-4-13-23-19(26)18-10-8-9-17(14-18)15-24-20(22-3)25-16-21(5-2)11-6-7-12-21;/h8-10,14H,4-7,11-13,15-16H2,1-3H3,(H,23,26)(H2,22,24,25);1H. The maximum Gasteiger partial charge on any atom is 0.251 e. The minimum absolute atomic E-state index is 0. The van der Waals surface area contributed by atoms with Crippen molar-refractivity contribution in [3.63, 3.8) is 0 Å². The van der Waals surface area contributed by atoms with Gasteiger partial charge in [-0.2, -0.15) is 0 Å². The van der Waals surface area contributed by atoms with Crippen molar-refractivity contribution in [1.82, 2.24) is 16.0 Å². The molecule has 0 aliphatic heterocycles. The number of guanidine groups is 1. The number of rotatable bonds is 8. The Morgan fingerprint density at radius 1 is 1.15 bits per heavy atom. The first kappa shape index (κ1) is 23.7. The average molecular weight is 486 g/mol. The van der Waals surface area contributed by atoms with Crippen molar-refractivity contribution in [1.29, 1.82) is 0 Å². The number of hydrogen-bond donors (Lipinski definition) is 3. The van der Waals surface area contributed by atoms with Crippen molar-refractivity contribution in [3.05, 3.63) is 35.4 Å². The SMILES string of the molecule is CCCNC(=O)c1cccc(CNC(=NC)NCC2(CC)CCCC2)c1.I. The lowest BCUT2D eigenvalue weighted by molar-refractivity contribution is 0.0953. The fourth-order valence-electron chi connectivity index (χ4n) is 3.62. The zero-order valence-electron chi connectivity index (χ0n) is 16.9. The van der Waals surface area contributed by atoms with Gasteiger partial charge in [0, 0.05) is 32.2 Å². The summed E-state index contributed by atoms with van der Waals surface area (Å²) < 4.78 is 0. The summed E-state index contributed by atoms with van der Waals surface area (Å²) in [4.78, 5) is 16.4. The molecule has 0 unspecified atom stereocenters. The lowest BCUT2D eigenvalue weighted by Gasteiger charge is -2.28. The molecular formula is C21H35IN4O. The molecule has 1 amide bonds. The van der Waals surface area contributed by atoms with Crippen molar-refractivity contribution in [3.8, 4) is 0 Å². The molecule has 0 heterocycles. The van der Waals surface area contributed by atoms with Gasteiger partial charge in [-0.3, -0.25) is 9.79 Å². The highest BCUT2D eigenvalue weighted by Gasteiger charge is 2.31. The molecule has 0 spiro atoms. The molecule has 0 saturated heterocycles. The number of benzene rings is 1. The Morgan fingerprint density at radius 2 is 1.89 bits per heavy atom. The van der Waals surface area contributed by atoms with Crippen LogP contribution in [0.4, 0.5) is 0 Å². The molecule has 1 saturated carbocycles. The van der Waals surface area contributed by atoms with Crippen molar-refractivity contribution in [2.75, 3.05) is 20.1 Å². The maximum absolute atomic E-state index is 12.1. The quantitative estimate of drug-likeness (QED) is 0.295. The smallest absolute Gasteiger partial charge is 0.251 e. The minimum Gasteiger partial charge on any atom is -0.356 e. The van der Waals surface area contributed by atoms with Crippen LogP contribution in [0.15, 0.2) is 29.3 Å². The van der Waals surface area contributed by atoms with Crippen molar-refractivity contribution < 1.29 is 4.79 Å². The van der Waals surface area contributed by atoms with Crippen LogP contribution < -0.4 is 16.0 Å². The van der Waals surface area contributed by atoms with Crippen LogP contribution in [0, 0.1) is 5.41 Å². The predicted octanol–water partition coefficient (Wildman–Crippen LogP) is 4.08. The molecule has 27 heavy (non-hydrogen) atoms. The summed E-state index contributed by atoms with van der Waals surface area (Å²) in [5.41, 5.74) is 2.20. The first-order chi connectivity index (χ1) is 12.6. The summed E-state index contributed by atoms with van der Waals surface area (Å²) in [6.45, 7) is 6.67. The lowest BCUT2D eigenvalue weighted by atomic mass is 9.83. The number of halogens is 1. The second-order valence-electron chi connectivity index (χ2n) is 7.30. The normalized spacial score (nSPS) is 15.7. The van der Waals surface area contributed by atoms with E-state index in [0.717, 1.165) is 24.5 Å². The van der Waals surface area contributed by atoms with E-state index in [2.05, 4.69) is 27.9 Å². The first-order valence-corrected chi connectivity index (χ1v) is 9.94. The fraction of sp³-hybridized carbons (Fsp3) is 0.619. The molecule has 0 aromatic heterocycles. The molecule has 0 atom stereocenters. The van der Waals surface area contributed by atoms with Crippen LogP contribution in [0.1, 0.15) is 68.3 Å². The molecule has 1 aliphatic rings. The third kappa shape index (κ3) is 7.31. The number of amides is 1. The summed E-state index contributed by atoms with van der Waals surface area (Å²) in [5.74, 6) is 0.813. The van der Waals surface area contributed by atoms with Gasteiger partial charge in [0.05, 0.1) is 0 Å². The highest BCUT2D eigenvalue weighted by molar-refractivity contribution is 14.0. The summed E-state index contributed by atoms with van der Waals surface area (Å²) in [6, 6.07) is 7.75. The number of aliphatic imine (C=N–C) groups is 1. The number of carbonyl (C=O) groups excluding carboxylic acids is 1. The van der Waals surface area contributed by atoms with Gasteiger partial charge in [0.2, 0.25) is 0 Å². The Labute approximate surface area is 181 Å². The minimum atomic E-state index is -0.0117. The van der Waals surface area contributed by atoms with Crippen LogP contribution in [-0.4, -0.2) is 32.0 Å². The van der Waals surface area contributed by atoms with E-state index in [1.807, 2.05) is 31.2 Å². The molecule has 0 radical (unpaired) electrons. The Hall–Kier alpha value is -1.31. The van der Waals surface area contributed by atoms with E-state index in [1.165, 1.54) is 32.1 Å². The molecule has 152 valence electrons. The zero-order valence-corrected chi connectivity index (χ0v) is 19.3. The summed E-state index contributed by atoms with van der Waals surface area (Å²) in [7, 11) is 1.80. The predicted molar refractivity (Wildman–Crippen MR) is 124 cm³/mol. The van der Waals surface area contributed by atoms with Crippen molar-refractivity contribution >= 4 is 35.8 Å². The summed E-state index contributed by atoms with van der Waals surface area (Å²) >= 11 is 0. The third-order valence-corrected chi connectivity index (χ3v) is 5.45. The fourth-order valence-corrected chi connectivity index (χ4v) is 3.62. The molecule has 1 fully saturated rings. The second kappa shape index (κ2) is 12.2. The van der Waals surface area contributed by atoms with Crippen LogP contribution in [0.2, 0.25) is 0 Å². The molecule has 0 bridgehead atoms. The van der Waals surface area contributed by atoms with Crippen LogP contribution in [0.3, 0.4) is 0 Å². The number of nitrogens with one attached hydrogen (secondary N) is 3. The van der Waals surface area contributed by atoms with Crippen molar-refractivity contribution in [2.24, 2.45) is 10.4 Å². The monoisotopic (exact) mass is 486 g/mol. The lowest BCUT2D eigenvalue weighted by Crippen LogP contribution is -2.42. The first-order valence-electron chi connectivity index (χ1n) is 9.94. The topological polar surface area (TPSA) is 65.5 Å². The van der Waals surface area contributed by atoms with Crippen LogP contribution >= 0.6 is 24.0 Å². The van der Waals surface area contributed by atoms with E-state index in [0.29, 0.717) is 24.1 Å². The van der Waals surface area contributed by atoms with Crippen LogP contribution in [0.5, 0.6) is 0 Å². The Morgan fingerprint density at radius 3 is 2.52 bits per heavy atom. The largest absolute Gasteiger partial charge is 0.356 e. The highest BCUT2D eigenvalue weighted by Crippen LogP contribution is 2.40. The second-order valence-corrected chi connectivity index (χ2v) is 7.30. The molecule has 1 aromatic rings. The van der Waals surface area contributed by atoms with Gasteiger partial charge in [0.1, 0.15) is 0 Å². The van der Waals surface area contributed by atoms with Gasteiger partial charge < -0.3 is 16.0 Å². The van der Waals surface area contributed by atoms with Gasteiger partial charge in [-0.15, -0.1) is 24.0 Å². The Balaban J connectivity index is 0.00000364. The zero-order chi connectivity index (χ0) is 18.8. The number of carbonyl (C=O) groups is 1. The number of nitrogens with zero attached hydrogens (tertiary/aromatic N) is 1. The van der Waals surface area contributed by atoms with E-state index in [-0.39, 0.29) is 29.9 Å². The van der Waals surface area contributed by atoms with Crippen molar-refractivity contribution in [2.45, 2.75) is 58.9 Å². The van der Waals surface area contributed by atoms with E-state index >= 15 is 0 Å². The Kier molecular flexibility index (Phi) is 10.7. The van der Waals surface area contributed by atoms with E-state index in [4.69, 9.17) is 0 Å². The van der Waals surface area contributed by atoms with Gasteiger partial charge in [0.25, 0.3) is 5.91 Å². The summed E-state index contributed by atoms with van der Waals surface area (Å²) in [6.07, 6.45) is 7.45. The van der Waals surface area contributed by atoms with Gasteiger partial charge in [0.15, 0.2) is 5.96 Å². The van der Waals surface area contributed by atoms with Gasteiger partial charge in [-0.25, -0.2) is 0 Å². The molecule has 3 N–H and O–H groups in total. The third-order valence-electron chi connectivity index (χ3n) is 5.45. The summed E-state index contributed by atoms with van der Waals surface area (Å²) in [5, 5.41) is 9.78. The molecule has 1 aliphatic carbocycles. The van der Waals surface area contributed by atoms with Crippen LogP contribution in [-0.2, 0) is 6.54 Å². The number of hydrogen-bond acceptors (Lipinski definition) is 2. The van der Waals surface area contributed by atoms with E-state index < -0.39 is 0 Å². The molecule has 2 rings (SSSR count). The Bertz CT molecular complexity index is 612. The van der Waals surface area contributed by atoms with Crippen LogP contribution in [0.25, 0.3) is 0 Å². The molecular weight excluding hydrogens is 451 g/mol. The van der Waals surface area contributed by atoms with E-state index in [9.17, 15) is 4.79 Å². The van der Waals surface area contributed by atoms with Gasteiger partial charge in [-0.1, -0.05) is 38.8 Å². The van der Waals surface area contributed by atoms with Gasteiger partial charge in [-0.05, 0) is 48.8 Å². The molecule has 1 aromatic carbocycles. The maximum atomic E-state index is 12.1. The highest BCUT2D eigenvalue weighted by atomic mass is 127. The average Bonchev–Trinajstić information content (AvgIpc) is 3.16. The molecule has 6 heteroatoms. The van der Waals surface area contributed by atoms with Gasteiger partial charge >= 0.3 is 0 Å².